The van der Waals surface area contributed by atoms with Crippen molar-refractivity contribution in [1.82, 2.24) is 0 Å². The van der Waals surface area contributed by atoms with Crippen LogP contribution in [0.15, 0.2) is 18.2 Å². The molecule has 0 spiro atoms. The molecule has 2 radical (unpaired) electrons. The van der Waals surface area contributed by atoms with Crippen LogP contribution in [0.25, 0.3) is 0 Å². The number of esters is 2. The quantitative estimate of drug-likeness (QED) is 0.372. The fourth-order valence-electron chi connectivity index (χ4n) is 1.91. The van der Waals surface area contributed by atoms with Gasteiger partial charge in [0.2, 0.25) is 0 Å². The third-order valence-electron chi connectivity index (χ3n) is 4.17. The predicted octanol–water partition coefficient (Wildman–Crippen LogP) is 3.17. The second kappa shape index (κ2) is 10.4. The van der Waals surface area contributed by atoms with Gasteiger partial charge in [0.15, 0.2) is 0 Å². The Morgan fingerprint density at radius 1 is 1.00 bits per heavy atom. The molecule has 2 unspecified atom stereocenters. The van der Waals surface area contributed by atoms with Gasteiger partial charge in [-0.1, -0.05) is 0 Å². The molecule has 142 valence electrons. The van der Waals surface area contributed by atoms with Crippen molar-refractivity contribution in [2.75, 3.05) is 0 Å². The summed E-state index contributed by atoms with van der Waals surface area (Å²) in [4.78, 5) is 35.3. The number of ether oxygens (including phenoxy) is 2. The van der Waals surface area contributed by atoms with E-state index in [1.807, 2.05) is 13.8 Å². The maximum atomic E-state index is 12.2. The molecule has 0 saturated heterocycles. The van der Waals surface area contributed by atoms with Gasteiger partial charge in [-0.05, 0) is 0 Å². The summed E-state index contributed by atoms with van der Waals surface area (Å²) in [6.07, 6.45) is 1.50. The molecular formula is C19H25AsO6. The van der Waals surface area contributed by atoms with Crippen molar-refractivity contribution >= 4 is 34.8 Å². The molecule has 1 aromatic rings. The van der Waals surface area contributed by atoms with Crippen molar-refractivity contribution in [2.45, 2.75) is 51.7 Å². The second-order valence-corrected chi connectivity index (χ2v) is 7.61. The van der Waals surface area contributed by atoms with E-state index in [9.17, 15) is 14.4 Å². The zero-order valence-electron chi connectivity index (χ0n) is 15.5. The van der Waals surface area contributed by atoms with Crippen LogP contribution in [0, 0.1) is 11.8 Å². The van der Waals surface area contributed by atoms with Crippen molar-refractivity contribution in [3.05, 3.63) is 23.8 Å². The number of hydrogen-bond donors (Lipinski definition) is 1. The third-order valence-corrected chi connectivity index (χ3v) is 5.02. The normalized spacial score (nSPS) is 14.2. The molecule has 0 aliphatic heterocycles. The van der Waals surface area contributed by atoms with Gasteiger partial charge in [0, 0.05) is 0 Å². The first-order valence-electron chi connectivity index (χ1n) is 8.66. The molecule has 1 aromatic carbocycles. The van der Waals surface area contributed by atoms with Gasteiger partial charge in [0.05, 0.1) is 0 Å². The van der Waals surface area contributed by atoms with Gasteiger partial charge in [-0.25, -0.2) is 0 Å². The Morgan fingerprint density at radius 3 is 1.96 bits per heavy atom. The molecular weight excluding hydrogens is 399 g/mol. The minimum atomic E-state index is -0.935. The van der Waals surface area contributed by atoms with E-state index in [0.29, 0.717) is 18.4 Å². The molecule has 0 amide bonds. The van der Waals surface area contributed by atoms with E-state index in [1.54, 1.807) is 26.0 Å². The fraction of sp³-hybridized carbons (Fsp3) is 0.526. The van der Waals surface area contributed by atoms with E-state index in [0.717, 1.165) is 0 Å². The van der Waals surface area contributed by atoms with E-state index in [-0.39, 0.29) is 29.8 Å². The Balaban J connectivity index is 3.12. The van der Waals surface area contributed by atoms with Crippen molar-refractivity contribution < 1.29 is 29.0 Å². The molecule has 0 saturated carbocycles. The third kappa shape index (κ3) is 6.49. The van der Waals surface area contributed by atoms with E-state index < -0.39 is 22.6 Å². The van der Waals surface area contributed by atoms with Crippen molar-refractivity contribution in [1.29, 1.82) is 0 Å². The molecule has 0 aromatic heterocycles. The zero-order chi connectivity index (χ0) is 19.9. The molecule has 0 aliphatic carbocycles. The standard InChI is InChI=1S/C19H25AsO6/c1-5-11(3)18(23)25-15-8-7-13(9-14(20)17(21)22)10-16(15)26-19(24)12(4)6-2/h7-8,10-12,14H,5-6,9H2,1-4H3,(H,21,22)/t11?,12?,14-/m0/s1. The van der Waals surface area contributed by atoms with Crippen LogP contribution in [0.4, 0.5) is 0 Å². The molecule has 0 bridgehead atoms. The van der Waals surface area contributed by atoms with E-state index in [2.05, 4.69) is 16.9 Å². The van der Waals surface area contributed by atoms with Crippen LogP contribution in [0.3, 0.4) is 0 Å². The predicted molar refractivity (Wildman–Crippen MR) is 97.5 cm³/mol. The Bertz CT molecular complexity index is 657. The Morgan fingerprint density at radius 2 is 1.50 bits per heavy atom. The van der Waals surface area contributed by atoms with Gasteiger partial charge < -0.3 is 0 Å². The van der Waals surface area contributed by atoms with Crippen LogP contribution in [0.5, 0.6) is 11.5 Å². The average Bonchev–Trinajstić information content (AvgIpc) is 2.61. The summed E-state index contributed by atoms with van der Waals surface area (Å²) in [6, 6.07) is 4.77. The number of carboxylic acids is 1. The van der Waals surface area contributed by atoms with Crippen LogP contribution in [0.2, 0.25) is 4.71 Å². The molecule has 3 atom stereocenters. The summed E-state index contributed by atoms with van der Waals surface area (Å²) in [6.45, 7) is 7.26. The molecule has 26 heavy (non-hydrogen) atoms. The van der Waals surface area contributed by atoms with Crippen molar-refractivity contribution in [2.24, 2.45) is 11.8 Å². The van der Waals surface area contributed by atoms with E-state index >= 15 is 0 Å². The van der Waals surface area contributed by atoms with Crippen LogP contribution in [-0.2, 0) is 20.8 Å². The SMILES string of the molecule is CCC(C)C(=O)Oc1ccc(C[C@H]([As])C(=O)O)cc1OC(=O)C(C)CC. The number of carbonyl (C=O) groups excluding carboxylic acids is 2. The number of benzene rings is 1. The Hall–Kier alpha value is -1.81. The summed E-state index contributed by atoms with van der Waals surface area (Å²) in [5, 5.41) is 9.05. The fourth-order valence-corrected chi connectivity index (χ4v) is 2.35. The van der Waals surface area contributed by atoms with Crippen molar-refractivity contribution in [3.8, 4) is 11.5 Å². The van der Waals surface area contributed by atoms with E-state index in [1.165, 1.54) is 6.07 Å². The zero-order valence-corrected chi connectivity index (χ0v) is 17.4. The van der Waals surface area contributed by atoms with Gasteiger partial charge in [-0.15, -0.1) is 0 Å². The molecule has 0 heterocycles. The average molecular weight is 424 g/mol. The molecule has 6 nitrogen and oxygen atoms in total. The molecule has 1 N–H and O–H groups in total. The van der Waals surface area contributed by atoms with Gasteiger partial charge in [0.25, 0.3) is 0 Å². The first-order chi connectivity index (χ1) is 12.2. The van der Waals surface area contributed by atoms with Crippen molar-refractivity contribution in [3.63, 3.8) is 0 Å². The van der Waals surface area contributed by atoms with Crippen LogP contribution >= 0.6 is 0 Å². The number of aliphatic carboxylic acids is 1. The molecule has 0 aliphatic rings. The van der Waals surface area contributed by atoms with Crippen LogP contribution in [0.1, 0.15) is 46.1 Å². The molecule has 1 rings (SSSR count). The summed E-state index contributed by atoms with van der Waals surface area (Å²) >= 11 is 2.10. The Labute approximate surface area is 162 Å². The summed E-state index contributed by atoms with van der Waals surface area (Å²) in [7, 11) is 0. The number of carboxylic acid groups (broad SMARTS) is 1. The number of hydrogen-bond acceptors (Lipinski definition) is 5. The summed E-state index contributed by atoms with van der Waals surface area (Å²) in [5.74, 6) is -2.05. The monoisotopic (exact) mass is 424 g/mol. The first kappa shape index (κ1) is 22.2. The van der Waals surface area contributed by atoms with E-state index in [4.69, 9.17) is 14.6 Å². The minimum absolute atomic E-state index is 0.134. The first-order valence-corrected chi connectivity index (χ1v) is 9.75. The topological polar surface area (TPSA) is 89.9 Å². The number of carbonyl (C=O) groups is 3. The summed E-state index contributed by atoms with van der Waals surface area (Å²) < 4.78 is 10.2. The van der Waals surface area contributed by atoms with Gasteiger partial charge in [0.1, 0.15) is 0 Å². The second-order valence-electron chi connectivity index (χ2n) is 6.30. The van der Waals surface area contributed by atoms with Crippen LogP contribution < -0.4 is 9.47 Å². The summed E-state index contributed by atoms with van der Waals surface area (Å²) in [5.41, 5.74) is 0.674. The maximum absolute atomic E-state index is 12.2. The molecule has 7 heteroatoms. The van der Waals surface area contributed by atoms with Gasteiger partial charge in [-0.2, -0.15) is 0 Å². The van der Waals surface area contributed by atoms with Crippen LogP contribution in [-0.4, -0.2) is 39.9 Å². The number of rotatable bonds is 9. The van der Waals surface area contributed by atoms with Gasteiger partial charge >= 0.3 is 162 Å². The van der Waals surface area contributed by atoms with Gasteiger partial charge in [-0.3, -0.25) is 0 Å². The molecule has 0 fully saturated rings. The Kier molecular flexibility index (Phi) is 8.86.